The molecule has 0 radical (unpaired) electrons. The molecular formula is C21H25NO3S. The summed E-state index contributed by atoms with van der Waals surface area (Å²) in [5.74, 6) is 1.92. The first-order valence-electron chi connectivity index (χ1n) is 9.06. The molecule has 26 heavy (non-hydrogen) atoms. The van der Waals surface area contributed by atoms with Crippen LogP contribution in [0.3, 0.4) is 0 Å². The molecule has 2 aromatic carbocycles. The third-order valence-electron chi connectivity index (χ3n) is 4.48. The molecule has 0 unspecified atom stereocenters. The molecule has 0 aliphatic carbocycles. The molecule has 1 N–H and O–H groups in total. The maximum atomic E-state index is 12.5. The van der Waals surface area contributed by atoms with Gasteiger partial charge in [0, 0.05) is 17.4 Å². The fraction of sp³-hybridized carbons (Fsp3) is 0.381. The Bertz CT molecular complexity index is 735. The maximum absolute atomic E-state index is 12.5. The Morgan fingerprint density at radius 2 is 1.85 bits per heavy atom. The highest BCUT2D eigenvalue weighted by Crippen LogP contribution is 2.35. The van der Waals surface area contributed by atoms with E-state index in [1.807, 2.05) is 43.3 Å². The van der Waals surface area contributed by atoms with Gasteiger partial charge < -0.3 is 14.8 Å². The molecule has 4 nitrogen and oxygen atoms in total. The van der Waals surface area contributed by atoms with Crippen molar-refractivity contribution in [1.29, 1.82) is 0 Å². The van der Waals surface area contributed by atoms with Gasteiger partial charge >= 0.3 is 0 Å². The summed E-state index contributed by atoms with van der Waals surface area (Å²) < 4.78 is 11.1. The number of amides is 1. The molecule has 138 valence electrons. The van der Waals surface area contributed by atoms with Gasteiger partial charge in [0.2, 0.25) is 5.91 Å². The van der Waals surface area contributed by atoms with Crippen molar-refractivity contribution in [3.63, 3.8) is 0 Å². The Morgan fingerprint density at radius 3 is 2.58 bits per heavy atom. The van der Waals surface area contributed by atoms with Crippen molar-refractivity contribution >= 4 is 17.7 Å². The zero-order chi connectivity index (χ0) is 18.4. The van der Waals surface area contributed by atoms with Crippen LogP contribution in [0, 0.1) is 0 Å². The fourth-order valence-corrected chi connectivity index (χ4v) is 3.87. The second-order valence-corrected chi connectivity index (χ2v) is 7.74. The number of ether oxygens (including phenoxy) is 2. The molecule has 2 atom stereocenters. The first-order chi connectivity index (χ1) is 12.7. The molecule has 5 heteroatoms. The van der Waals surface area contributed by atoms with E-state index in [0.717, 1.165) is 22.8 Å². The van der Waals surface area contributed by atoms with Gasteiger partial charge in [0.25, 0.3) is 0 Å². The summed E-state index contributed by atoms with van der Waals surface area (Å²) in [6.45, 7) is 5.89. The molecule has 0 saturated heterocycles. The highest BCUT2D eigenvalue weighted by atomic mass is 32.2. The average Bonchev–Trinajstić information content (AvgIpc) is 2.69. The standard InChI is InChI=1S/C21H25NO3S/c1-3-16(17-7-5-4-6-8-17)14-22-21(23)15(2)26-18-9-10-19-20(13-18)25-12-11-24-19/h4-10,13,15-16H,3,11-12,14H2,1-2H3,(H,22,23)/t15-,16+/m1/s1. The van der Waals surface area contributed by atoms with Gasteiger partial charge in [-0.3, -0.25) is 4.79 Å². The minimum absolute atomic E-state index is 0.0549. The molecule has 1 aliphatic heterocycles. The lowest BCUT2D eigenvalue weighted by Crippen LogP contribution is -2.34. The van der Waals surface area contributed by atoms with E-state index in [-0.39, 0.29) is 11.2 Å². The van der Waals surface area contributed by atoms with E-state index in [9.17, 15) is 4.79 Å². The third kappa shape index (κ3) is 4.73. The molecule has 3 rings (SSSR count). The summed E-state index contributed by atoms with van der Waals surface area (Å²) in [7, 11) is 0. The molecule has 1 amide bonds. The van der Waals surface area contributed by atoms with E-state index >= 15 is 0 Å². The number of carbonyl (C=O) groups is 1. The summed E-state index contributed by atoms with van der Waals surface area (Å²) in [6.07, 6.45) is 0.994. The minimum Gasteiger partial charge on any atom is -0.486 e. The van der Waals surface area contributed by atoms with Crippen LogP contribution in [-0.4, -0.2) is 30.9 Å². The predicted molar refractivity (Wildman–Crippen MR) is 105 cm³/mol. The van der Waals surface area contributed by atoms with Crippen LogP contribution < -0.4 is 14.8 Å². The molecule has 2 aromatic rings. The van der Waals surface area contributed by atoms with Crippen LogP contribution in [-0.2, 0) is 4.79 Å². The van der Waals surface area contributed by atoms with Gasteiger partial charge in [0.05, 0.1) is 5.25 Å². The zero-order valence-electron chi connectivity index (χ0n) is 15.2. The number of fused-ring (bicyclic) bond motifs is 1. The van der Waals surface area contributed by atoms with Crippen molar-refractivity contribution in [3.05, 3.63) is 54.1 Å². The van der Waals surface area contributed by atoms with Crippen LogP contribution in [0.2, 0.25) is 0 Å². The highest BCUT2D eigenvalue weighted by Gasteiger charge is 2.18. The van der Waals surface area contributed by atoms with Crippen molar-refractivity contribution in [1.82, 2.24) is 5.32 Å². The molecule has 1 aliphatic rings. The van der Waals surface area contributed by atoms with Crippen molar-refractivity contribution < 1.29 is 14.3 Å². The third-order valence-corrected chi connectivity index (χ3v) is 5.58. The van der Waals surface area contributed by atoms with Gasteiger partial charge in [0.1, 0.15) is 13.2 Å². The Balaban J connectivity index is 1.54. The largest absolute Gasteiger partial charge is 0.486 e. The van der Waals surface area contributed by atoms with E-state index in [4.69, 9.17) is 9.47 Å². The monoisotopic (exact) mass is 371 g/mol. The molecule has 0 aromatic heterocycles. The SMILES string of the molecule is CC[C@@H](CNC(=O)[C@@H](C)Sc1ccc2c(c1)OCCO2)c1ccccc1. The Morgan fingerprint density at radius 1 is 1.12 bits per heavy atom. The van der Waals surface area contributed by atoms with Gasteiger partial charge in [-0.15, -0.1) is 11.8 Å². The summed E-state index contributed by atoms with van der Waals surface area (Å²) >= 11 is 1.53. The van der Waals surface area contributed by atoms with Gasteiger partial charge in [-0.2, -0.15) is 0 Å². The number of hydrogen-bond acceptors (Lipinski definition) is 4. The van der Waals surface area contributed by atoms with Crippen molar-refractivity contribution in [3.8, 4) is 11.5 Å². The zero-order valence-corrected chi connectivity index (χ0v) is 16.1. The Hall–Kier alpha value is -2.14. The van der Waals surface area contributed by atoms with Crippen LogP contribution >= 0.6 is 11.8 Å². The van der Waals surface area contributed by atoms with Crippen LogP contribution in [0.1, 0.15) is 31.7 Å². The fourth-order valence-electron chi connectivity index (χ4n) is 2.95. The molecule has 0 saturated carbocycles. The molecule has 1 heterocycles. The quantitative estimate of drug-likeness (QED) is 0.739. The van der Waals surface area contributed by atoms with Gasteiger partial charge in [0.15, 0.2) is 11.5 Å². The van der Waals surface area contributed by atoms with Gasteiger partial charge in [-0.05, 0) is 37.1 Å². The normalized spacial score (nSPS) is 15.2. The summed E-state index contributed by atoms with van der Waals surface area (Å²) in [6, 6.07) is 16.2. The van der Waals surface area contributed by atoms with E-state index in [2.05, 4.69) is 24.4 Å². The highest BCUT2D eigenvalue weighted by molar-refractivity contribution is 8.00. The average molecular weight is 372 g/mol. The van der Waals surface area contributed by atoms with Crippen molar-refractivity contribution in [2.75, 3.05) is 19.8 Å². The van der Waals surface area contributed by atoms with Crippen LogP contribution in [0.15, 0.2) is 53.4 Å². The first-order valence-corrected chi connectivity index (χ1v) is 9.94. The van der Waals surface area contributed by atoms with E-state index in [0.29, 0.717) is 25.7 Å². The van der Waals surface area contributed by atoms with Crippen molar-refractivity contribution in [2.24, 2.45) is 0 Å². The lowest BCUT2D eigenvalue weighted by molar-refractivity contribution is -0.120. The Kier molecular flexibility index (Phi) is 6.45. The summed E-state index contributed by atoms with van der Waals surface area (Å²) in [5.41, 5.74) is 1.27. The smallest absolute Gasteiger partial charge is 0.233 e. The number of nitrogens with one attached hydrogen (secondary N) is 1. The molecule has 0 spiro atoms. The lowest BCUT2D eigenvalue weighted by Gasteiger charge is -2.20. The summed E-state index contributed by atoms with van der Waals surface area (Å²) in [5, 5.41) is 2.92. The minimum atomic E-state index is -0.175. The number of thioether (sulfide) groups is 1. The van der Waals surface area contributed by atoms with E-state index in [1.165, 1.54) is 17.3 Å². The van der Waals surface area contributed by atoms with Crippen LogP contribution in [0.4, 0.5) is 0 Å². The molecular weight excluding hydrogens is 346 g/mol. The number of hydrogen-bond donors (Lipinski definition) is 1. The predicted octanol–water partition coefficient (Wildman–Crippen LogP) is 4.25. The van der Waals surface area contributed by atoms with Gasteiger partial charge in [-0.25, -0.2) is 0 Å². The number of rotatable bonds is 7. The summed E-state index contributed by atoms with van der Waals surface area (Å²) in [4.78, 5) is 13.5. The first kappa shape index (κ1) is 18.6. The maximum Gasteiger partial charge on any atom is 0.233 e. The molecule has 0 bridgehead atoms. The number of benzene rings is 2. The lowest BCUT2D eigenvalue weighted by atomic mass is 9.96. The second kappa shape index (κ2) is 8.99. The molecule has 0 fully saturated rings. The van der Waals surface area contributed by atoms with Crippen LogP contribution in [0.5, 0.6) is 11.5 Å². The van der Waals surface area contributed by atoms with E-state index in [1.54, 1.807) is 0 Å². The van der Waals surface area contributed by atoms with Crippen molar-refractivity contribution in [2.45, 2.75) is 36.3 Å². The number of carbonyl (C=O) groups excluding carboxylic acids is 1. The van der Waals surface area contributed by atoms with E-state index < -0.39 is 0 Å². The van der Waals surface area contributed by atoms with Gasteiger partial charge in [-0.1, -0.05) is 37.3 Å². The topological polar surface area (TPSA) is 47.6 Å². The Labute approximate surface area is 159 Å². The van der Waals surface area contributed by atoms with Crippen LogP contribution in [0.25, 0.3) is 0 Å². The second-order valence-electron chi connectivity index (χ2n) is 6.33.